The molecular weight excluding hydrogens is 404 g/mol. The van der Waals surface area contributed by atoms with Crippen LogP contribution in [-0.2, 0) is 10.0 Å². The minimum absolute atomic E-state index is 0.159. The van der Waals surface area contributed by atoms with Gasteiger partial charge in [-0.3, -0.25) is 9.10 Å². The van der Waals surface area contributed by atoms with Crippen LogP contribution in [0.15, 0.2) is 59.5 Å². The molecule has 2 aliphatic heterocycles. The number of nitrogens with zero attached hydrogens (tertiary/aromatic N) is 1. The molecule has 30 heavy (non-hydrogen) atoms. The topological polar surface area (TPSA) is 84.9 Å². The van der Waals surface area contributed by atoms with E-state index >= 15 is 0 Å². The molecule has 0 saturated heterocycles. The maximum Gasteiger partial charge on any atom is 0.264 e. The second-order valence-corrected chi connectivity index (χ2v) is 9.12. The molecule has 0 atom stereocenters. The van der Waals surface area contributed by atoms with E-state index in [0.717, 1.165) is 0 Å². The van der Waals surface area contributed by atoms with Gasteiger partial charge in [-0.25, -0.2) is 8.42 Å². The van der Waals surface area contributed by atoms with E-state index < -0.39 is 10.0 Å². The van der Waals surface area contributed by atoms with Gasteiger partial charge in [0.05, 0.1) is 10.6 Å². The zero-order valence-corrected chi connectivity index (χ0v) is 17.1. The summed E-state index contributed by atoms with van der Waals surface area (Å²) in [7, 11) is -2.11. The van der Waals surface area contributed by atoms with Gasteiger partial charge in [0.15, 0.2) is 11.5 Å². The van der Waals surface area contributed by atoms with Gasteiger partial charge in [-0.15, -0.1) is 0 Å². The predicted octanol–water partition coefficient (Wildman–Crippen LogP) is 3.78. The van der Waals surface area contributed by atoms with Crippen LogP contribution < -0.4 is 19.1 Å². The Bertz CT molecular complexity index is 1320. The Hall–Kier alpha value is -3.52. The number of amides is 1. The van der Waals surface area contributed by atoms with Gasteiger partial charge in [-0.1, -0.05) is 18.2 Å². The largest absolute Gasteiger partial charge is 0.454 e. The van der Waals surface area contributed by atoms with Crippen LogP contribution in [0.5, 0.6) is 11.5 Å². The molecule has 3 aromatic rings. The molecule has 3 aromatic carbocycles. The Morgan fingerprint density at radius 3 is 2.60 bits per heavy atom. The molecule has 0 bridgehead atoms. The van der Waals surface area contributed by atoms with E-state index in [2.05, 4.69) is 5.32 Å². The summed E-state index contributed by atoms with van der Waals surface area (Å²) in [5, 5.41) is 2.87. The number of fused-ring (bicyclic) bond motifs is 4. The summed E-state index contributed by atoms with van der Waals surface area (Å²) in [6.07, 6.45) is 0. The highest BCUT2D eigenvalue weighted by Gasteiger charge is 2.34. The third-order valence-corrected chi connectivity index (χ3v) is 7.14. The second kappa shape index (κ2) is 6.50. The number of benzene rings is 3. The summed E-state index contributed by atoms with van der Waals surface area (Å²) in [5.74, 6) is 0.919. The van der Waals surface area contributed by atoms with Crippen molar-refractivity contribution < 1.29 is 22.7 Å². The summed E-state index contributed by atoms with van der Waals surface area (Å²) in [4.78, 5) is 13.2. The Morgan fingerprint density at radius 2 is 1.77 bits per heavy atom. The number of nitrogens with one attached hydrogen (secondary N) is 1. The second-order valence-electron chi connectivity index (χ2n) is 7.18. The summed E-state index contributed by atoms with van der Waals surface area (Å²) < 4.78 is 37.7. The third kappa shape index (κ3) is 2.72. The summed E-state index contributed by atoms with van der Waals surface area (Å²) in [5.41, 5.74) is 3.59. The summed E-state index contributed by atoms with van der Waals surface area (Å²) in [6, 6.07) is 15.4. The van der Waals surface area contributed by atoms with Crippen LogP contribution in [0, 0.1) is 6.92 Å². The predicted molar refractivity (Wildman–Crippen MR) is 113 cm³/mol. The number of anilines is 2. The van der Waals surface area contributed by atoms with Crippen molar-refractivity contribution in [1.29, 1.82) is 0 Å². The minimum atomic E-state index is -3.64. The van der Waals surface area contributed by atoms with Crippen molar-refractivity contribution in [3.05, 3.63) is 65.7 Å². The van der Waals surface area contributed by atoms with Crippen molar-refractivity contribution in [3.8, 4) is 22.6 Å². The maximum atomic E-state index is 13.0. The van der Waals surface area contributed by atoms with E-state index in [1.807, 2.05) is 0 Å². The minimum Gasteiger partial charge on any atom is -0.454 e. The van der Waals surface area contributed by atoms with E-state index in [4.69, 9.17) is 9.47 Å². The van der Waals surface area contributed by atoms with Gasteiger partial charge in [-0.2, -0.15) is 0 Å². The van der Waals surface area contributed by atoms with Crippen molar-refractivity contribution in [2.45, 2.75) is 11.8 Å². The monoisotopic (exact) mass is 422 g/mol. The highest BCUT2D eigenvalue weighted by atomic mass is 32.2. The molecule has 0 spiro atoms. The van der Waals surface area contributed by atoms with E-state index in [1.54, 1.807) is 61.5 Å². The SMILES string of the molecule is Cc1cc(C(=O)Nc2ccc3c(c2)OCO3)cc2c1N(C)S(=O)(=O)c1ccccc1-2. The lowest BCUT2D eigenvalue weighted by molar-refractivity contribution is 0.102. The molecule has 0 unspecified atom stereocenters. The molecule has 2 aliphatic rings. The number of sulfonamides is 1. The Balaban J connectivity index is 1.57. The molecule has 5 rings (SSSR count). The van der Waals surface area contributed by atoms with Crippen LogP contribution in [-0.4, -0.2) is 28.2 Å². The van der Waals surface area contributed by atoms with Crippen molar-refractivity contribution in [1.82, 2.24) is 0 Å². The molecular formula is C22H18N2O5S. The molecule has 152 valence electrons. The van der Waals surface area contributed by atoms with Crippen LogP contribution >= 0.6 is 0 Å². The normalized spacial score (nSPS) is 15.3. The van der Waals surface area contributed by atoms with Crippen molar-refractivity contribution in [3.63, 3.8) is 0 Å². The smallest absolute Gasteiger partial charge is 0.264 e. The number of carbonyl (C=O) groups is 1. The number of hydrogen-bond acceptors (Lipinski definition) is 5. The highest BCUT2D eigenvalue weighted by molar-refractivity contribution is 7.93. The maximum absolute atomic E-state index is 13.0. The van der Waals surface area contributed by atoms with Crippen LogP contribution in [0.2, 0.25) is 0 Å². The number of rotatable bonds is 2. The van der Waals surface area contributed by atoms with E-state index in [0.29, 0.717) is 45.1 Å². The Labute approximate surface area is 173 Å². The van der Waals surface area contributed by atoms with Gasteiger partial charge in [0.1, 0.15) is 0 Å². The number of hydrogen-bond donors (Lipinski definition) is 1. The van der Waals surface area contributed by atoms with Crippen LogP contribution in [0.1, 0.15) is 15.9 Å². The molecule has 0 radical (unpaired) electrons. The first kappa shape index (κ1) is 18.5. The molecule has 0 aliphatic carbocycles. The molecule has 1 N–H and O–H groups in total. The molecule has 2 heterocycles. The van der Waals surface area contributed by atoms with Crippen molar-refractivity contribution in [2.75, 3.05) is 23.5 Å². The lowest BCUT2D eigenvalue weighted by Crippen LogP contribution is -2.31. The van der Waals surface area contributed by atoms with Crippen molar-refractivity contribution in [2.24, 2.45) is 0 Å². The van der Waals surface area contributed by atoms with Crippen LogP contribution in [0.3, 0.4) is 0 Å². The third-order valence-electron chi connectivity index (χ3n) is 5.32. The first-order valence-corrected chi connectivity index (χ1v) is 10.7. The van der Waals surface area contributed by atoms with E-state index in [9.17, 15) is 13.2 Å². The zero-order valence-electron chi connectivity index (χ0n) is 16.3. The molecule has 8 heteroatoms. The number of carbonyl (C=O) groups excluding carboxylic acids is 1. The van der Waals surface area contributed by atoms with Crippen LogP contribution in [0.25, 0.3) is 11.1 Å². The first-order valence-electron chi connectivity index (χ1n) is 9.30. The lowest BCUT2D eigenvalue weighted by Gasteiger charge is -2.31. The van der Waals surface area contributed by atoms with E-state index in [-0.39, 0.29) is 17.6 Å². The van der Waals surface area contributed by atoms with Gasteiger partial charge >= 0.3 is 0 Å². The number of ether oxygens (including phenoxy) is 2. The average Bonchev–Trinajstić information content (AvgIpc) is 3.19. The van der Waals surface area contributed by atoms with Crippen LogP contribution in [0.4, 0.5) is 11.4 Å². The Morgan fingerprint density at radius 1 is 1.00 bits per heavy atom. The summed E-state index contributed by atoms with van der Waals surface area (Å²) in [6.45, 7) is 1.96. The lowest BCUT2D eigenvalue weighted by atomic mass is 9.96. The fourth-order valence-corrected chi connectivity index (χ4v) is 5.38. The first-order chi connectivity index (χ1) is 14.4. The summed E-state index contributed by atoms with van der Waals surface area (Å²) >= 11 is 0. The van der Waals surface area contributed by atoms with Crippen molar-refractivity contribution >= 4 is 27.3 Å². The fourth-order valence-electron chi connectivity index (χ4n) is 3.89. The molecule has 0 aromatic heterocycles. The van der Waals surface area contributed by atoms with Gasteiger partial charge in [0.25, 0.3) is 15.9 Å². The standard InChI is InChI=1S/C22H18N2O5S/c1-13-9-14(22(25)23-15-7-8-18-19(11-15)29-12-28-18)10-17-16-5-3-4-6-20(16)30(26,27)24(2)21(13)17/h3-11H,12H2,1-2H3,(H,23,25). The average molecular weight is 422 g/mol. The van der Waals surface area contributed by atoms with Gasteiger partial charge in [-0.05, 0) is 42.8 Å². The molecule has 7 nitrogen and oxygen atoms in total. The zero-order chi connectivity index (χ0) is 21.0. The molecule has 0 fully saturated rings. The van der Waals surface area contributed by atoms with Gasteiger partial charge < -0.3 is 14.8 Å². The number of aryl methyl sites for hydroxylation is 1. The van der Waals surface area contributed by atoms with Gasteiger partial charge in [0, 0.05) is 35.5 Å². The highest BCUT2D eigenvalue weighted by Crippen LogP contribution is 2.44. The molecule has 0 saturated carbocycles. The fraction of sp³-hybridized carbons (Fsp3) is 0.136. The Kier molecular flexibility index (Phi) is 4.01. The quantitative estimate of drug-likeness (QED) is 0.679. The van der Waals surface area contributed by atoms with Gasteiger partial charge in [0.2, 0.25) is 6.79 Å². The molecule has 1 amide bonds. The van der Waals surface area contributed by atoms with E-state index in [1.165, 1.54) is 11.4 Å².